The van der Waals surface area contributed by atoms with Gasteiger partial charge in [-0.25, -0.2) is 0 Å². The van der Waals surface area contributed by atoms with Gasteiger partial charge in [-0.2, -0.15) is 0 Å². The molecule has 0 bridgehead atoms. The summed E-state index contributed by atoms with van der Waals surface area (Å²) in [7, 11) is 0. The third-order valence-electron chi connectivity index (χ3n) is 3.28. The van der Waals surface area contributed by atoms with Crippen molar-refractivity contribution in [3.05, 3.63) is 65.9 Å². The van der Waals surface area contributed by atoms with E-state index in [2.05, 4.69) is 46.1 Å². The smallest absolute Gasteiger partial charge is 0.0944 e. The Bertz CT molecular complexity index is 676. The van der Waals surface area contributed by atoms with Gasteiger partial charge in [-0.05, 0) is 36.8 Å². The number of anilines is 2. The fourth-order valence-corrected chi connectivity index (χ4v) is 2.33. The van der Waals surface area contributed by atoms with Gasteiger partial charge in [0.25, 0.3) is 0 Å². The molecule has 21 heavy (non-hydrogen) atoms. The van der Waals surface area contributed by atoms with Crippen molar-refractivity contribution in [1.82, 2.24) is 5.01 Å². The van der Waals surface area contributed by atoms with Gasteiger partial charge in [-0.15, -0.1) is 0 Å². The Kier molecular flexibility index (Phi) is 3.60. The molecule has 1 aliphatic rings. The first-order valence-corrected chi connectivity index (χ1v) is 6.92. The van der Waals surface area contributed by atoms with E-state index in [1.54, 1.807) is 6.92 Å². The topological polar surface area (TPSA) is 51.2 Å². The molecule has 2 aromatic carbocycles. The van der Waals surface area contributed by atoms with Crippen LogP contribution in [0.15, 0.2) is 54.7 Å². The molecule has 1 aliphatic heterocycles. The zero-order chi connectivity index (χ0) is 14.7. The van der Waals surface area contributed by atoms with Gasteiger partial charge >= 0.3 is 0 Å². The first-order valence-electron chi connectivity index (χ1n) is 6.92. The Morgan fingerprint density at radius 1 is 1.19 bits per heavy atom. The van der Waals surface area contributed by atoms with Crippen molar-refractivity contribution in [3.8, 4) is 0 Å². The van der Waals surface area contributed by atoms with Crippen LogP contribution in [0.5, 0.6) is 0 Å². The summed E-state index contributed by atoms with van der Waals surface area (Å²) >= 11 is 0. The van der Waals surface area contributed by atoms with E-state index >= 15 is 0 Å². The highest BCUT2D eigenvalue weighted by molar-refractivity contribution is 5.91. The van der Waals surface area contributed by atoms with Crippen molar-refractivity contribution in [1.29, 1.82) is 5.41 Å². The number of hydrogen-bond donors (Lipinski definition) is 3. The van der Waals surface area contributed by atoms with Crippen LogP contribution in [-0.4, -0.2) is 10.8 Å². The lowest BCUT2D eigenvalue weighted by molar-refractivity contribution is 0.442. The fraction of sp³-hybridized carbons (Fsp3) is 0.118. The van der Waals surface area contributed by atoms with E-state index in [1.807, 2.05) is 30.5 Å². The molecule has 106 valence electrons. The quantitative estimate of drug-likeness (QED) is 0.589. The van der Waals surface area contributed by atoms with Crippen LogP contribution in [-0.2, 0) is 6.54 Å². The lowest BCUT2D eigenvalue weighted by atomic mass is 10.1. The van der Waals surface area contributed by atoms with Gasteiger partial charge in [-0.1, -0.05) is 30.3 Å². The highest BCUT2D eigenvalue weighted by Crippen LogP contribution is 2.26. The molecule has 4 heteroatoms. The van der Waals surface area contributed by atoms with E-state index in [4.69, 9.17) is 5.41 Å². The Labute approximate surface area is 124 Å². The van der Waals surface area contributed by atoms with Crippen LogP contribution in [0.25, 0.3) is 6.08 Å². The predicted molar refractivity (Wildman–Crippen MR) is 88.1 cm³/mol. The number of rotatable bonds is 3. The average molecular weight is 278 g/mol. The van der Waals surface area contributed by atoms with Crippen LogP contribution in [0.4, 0.5) is 11.4 Å². The highest BCUT2D eigenvalue weighted by Gasteiger charge is 2.10. The van der Waals surface area contributed by atoms with Crippen molar-refractivity contribution in [2.45, 2.75) is 13.5 Å². The van der Waals surface area contributed by atoms with Crippen molar-refractivity contribution in [3.63, 3.8) is 0 Å². The lowest BCUT2D eigenvalue weighted by Crippen LogP contribution is -2.26. The number of hydrogen-bond acceptors (Lipinski definition) is 3. The molecule has 0 saturated carbocycles. The maximum atomic E-state index is 7.48. The van der Waals surface area contributed by atoms with E-state index in [1.165, 1.54) is 5.56 Å². The number of benzene rings is 2. The fourth-order valence-electron chi connectivity index (χ4n) is 2.33. The first kappa shape index (κ1) is 13.2. The number of hydrazine groups is 1. The van der Waals surface area contributed by atoms with Gasteiger partial charge in [0, 0.05) is 17.5 Å². The molecule has 0 unspecified atom stereocenters. The summed E-state index contributed by atoms with van der Waals surface area (Å²) in [6.45, 7) is 2.55. The molecule has 0 aliphatic carbocycles. The Morgan fingerprint density at radius 3 is 2.76 bits per heavy atom. The van der Waals surface area contributed by atoms with Gasteiger partial charge < -0.3 is 5.32 Å². The van der Waals surface area contributed by atoms with Gasteiger partial charge in [0.05, 0.1) is 18.1 Å². The predicted octanol–water partition coefficient (Wildman–Crippen LogP) is 3.91. The molecule has 0 saturated heterocycles. The van der Waals surface area contributed by atoms with Crippen LogP contribution in [0.1, 0.15) is 18.1 Å². The summed E-state index contributed by atoms with van der Waals surface area (Å²) in [4.78, 5) is 0. The van der Waals surface area contributed by atoms with Crippen LogP contribution in [0, 0.1) is 5.41 Å². The minimum atomic E-state index is 0.438. The third kappa shape index (κ3) is 3.23. The number of nitrogens with one attached hydrogen (secondary N) is 3. The first-order chi connectivity index (χ1) is 10.2. The summed E-state index contributed by atoms with van der Waals surface area (Å²) in [5.41, 5.74) is 7.77. The van der Waals surface area contributed by atoms with Crippen molar-refractivity contribution >= 4 is 23.3 Å². The Morgan fingerprint density at radius 2 is 2.00 bits per heavy atom. The monoisotopic (exact) mass is 278 g/mol. The van der Waals surface area contributed by atoms with Gasteiger partial charge in [0.1, 0.15) is 0 Å². The van der Waals surface area contributed by atoms with Crippen molar-refractivity contribution in [2.75, 3.05) is 10.7 Å². The van der Waals surface area contributed by atoms with Crippen molar-refractivity contribution in [2.24, 2.45) is 0 Å². The lowest BCUT2D eigenvalue weighted by Gasteiger charge is -2.27. The molecule has 0 fully saturated rings. The second kappa shape index (κ2) is 5.71. The molecular weight excluding hydrogens is 260 g/mol. The zero-order valence-electron chi connectivity index (χ0n) is 11.9. The summed E-state index contributed by atoms with van der Waals surface area (Å²) in [6.07, 6.45) is 4.12. The Balaban J connectivity index is 1.74. The van der Waals surface area contributed by atoms with E-state index in [0.29, 0.717) is 5.84 Å². The van der Waals surface area contributed by atoms with Crippen molar-refractivity contribution < 1.29 is 0 Å². The maximum Gasteiger partial charge on any atom is 0.0944 e. The minimum Gasteiger partial charge on any atom is -0.344 e. The standard InChI is InChI=1S/C17H18N4/c1-13(18)19-16-7-8-17-15(11-16)9-10-21(20-17)12-14-5-3-2-4-6-14/h2-11,20H,12H2,1H3,(H2,18,19). The molecule has 0 atom stereocenters. The molecule has 4 nitrogen and oxygen atoms in total. The second-order valence-electron chi connectivity index (χ2n) is 5.09. The van der Waals surface area contributed by atoms with E-state index in [0.717, 1.165) is 23.5 Å². The summed E-state index contributed by atoms with van der Waals surface area (Å²) in [5.74, 6) is 0.438. The van der Waals surface area contributed by atoms with E-state index in [9.17, 15) is 0 Å². The highest BCUT2D eigenvalue weighted by atomic mass is 15.5. The summed E-state index contributed by atoms with van der Waals surface area (Å²) in [5, 5.41) is 12.6. The summed E-state index contributed by atoms with van der Waals surface area (Å²) in [6, 6.07) is 16.4. The molecule has 3 N–H and O–H groups in total. The zero-order valence-corrected chi connectivity index (χ0v) is 11.9. The molecule has 0 amide bonds. The number of nitrogens with zero attached hydrogens (tertiary/aromatic N) is 1. The minimum absolute atomic E-state index is 0.438. The van der Waals surface area contributed by atoms with E-state index in [-0.39, 0.29) is 0 Å². The molecule has 0 radical (unpaired) electrons. The molecule has 2 aromatic rings. The van der Waals surface area contributed by atoms with Gasteiger partial charge in [0.2, 0.25) is 0 Å². The normalized spacial score (nSPS) is 12.5. The van der Waals surface area contributed by atoms with Crippen LogP contribution in [0.2, 0.25) is 0 Å². The largest absolute Gasteiger partial charge is 0.344 e. The van der Waals surface area contributed by atoms with Gasteiger partial charge in [-0.3, -0.25) is 15.8 Å². The SMILES string of the molecule is CC(=N)Nc1ccc2c(c1)C=CN(Cc1ccccc1)N2. The van der Waals surface area contributed by atoms with E-state index < -0.39 is 0 Å². The van der Waals surface area contributed by atoms with Crippen LogP contribution < -0.4 is 10.7 Å². The van der Waals surface area contributed by atoms with Crippen LogP contribution >= 0.6 is 0 Å². The third-order valence-corrected chi connectivity index (χ3v) is 3.28. The molecule has 3 rings (SSSR count). The Hall–Kier alpha value is -2.75. The maximum absolute atomic E-state index is 7.48. The molecule has 0 aromatic heterocycles. The van der Waals surface area contributed by atoms with Gasteiger partial charge in [0.15, 0.2) is 0 Å². The number of amidine groups is 1. The molecule has 0 spiro atoms. The molecular formula is C17H18N4. The average Bonchev–Trinajstić information content (AvgIpc) is 2.48. The van der Waals surface area contributed by atoms with Crippen LogP contribution in [0.3, 0.4) is 0 Å². The summed E-state index contributed by atoms with van der Waals surface area (Å²) < 4.78 is 0. The second-order valence-corrected chi connectivity index (χ2v) is 5.09. The molecule has 1 heterocycles. The number of fused-ring (bicyclic) bond motifs is 1.